The van der Waals surface area contributed by atoms with Gasteiger partial charge >= 0.3 is 0 Å². The lowest BCUT2D eigenvalue weighted by Crippen LogP contribution is -2.44. The Labute approximate surface area is 132 Å². The van der Waals surface area contributed by atoms with Crippen LogP contribution in [0.3, 0.4) is 0 Å². The molecule has 1 saturated heterocycles. The molecule has 21 heavy (non-hydrogen) atoms. The van der Waals surface area contributed by atoms with Crippen LogP contribution in [-0.4, -0.2) is 75.2 Å². The van der Waals surface area contributed by atoms with Crippen molar-refractivity contribution < 1.29 is 13.2 Å². The summed E-state index contributed by atoms with van der Waals surface area (Å²) in [5, 5.41) is 8.71. The third-order valence-corrected chi connectivity index (χ3v) is 6.06. The number of nitrogens with zero attached hydrogens (tertiary/aromatic N) is 3. The molecule has 1 rings (SSSR count). The van der Waals surface area contributed by atoms with Gasteiger partial charge in [-0.25, -0.2) is 8.42 Å². The smallest absolute Gasteiger partial charge is 0.214 e. The minimum absolute atomic E-state index is 0.0328. The highest BCUT2D eigenvalue weighted by atomic mass is 35.5. The number of rotatable bonds is 9. The molecule has 1 aliphatic rings. The van der Waals surface area contributed by atoms with Gasteiger partial charge in [-0.2, -0.15) is 9.57 Å². The first kappa shape index (κ1) is 18.7. The van der Waals surface area contributed by atoms with Crippen LogP contribution in [0.1, 0.15) is 13.3 Å². The van der Waals surface area contributed by atoms with Crippen molar-refractivity contribution in [3.05, 3.63) is 0 Å². The molecule has 1 heterocycles. The monoisotopic (exact) mass is 337 g/mol. The largest absolute Gasteiger partial charge is 0.379 e. The Morgan fingerprint density at radius 1 is 1.38 bits per heavy atom. The number of halogens is 1. The van der Waals surface area contributed by atoms with E-state index in [1.165, 1.54) is 4.31 Å². The first-order valence-electron chi connectivity index (χ1n) is 7.20. The number of morpholine rings is 1. The Hall–Kier alpha value is -0.390. The van der Waals surface area contributed by atoms with Gasteiger partial charge < -0.3 is 4.74 Å². The lowest BCUT2D eigenvalue weighted by molar-refractivity contribution is 0.0363. The van der Waals surface area contributed by atoms with Crippen LogP contribution in [0.2, 0.25) is 0 Å². The molecule has 0 aromatic rings. The van der Waals surface area contributed by atoms with Crippen molar-refractivity contribution in [1.29, 1.82) is 5.26 Å². The number of sulfonamides is 1. The van der Waals surface area contributed by atoms with E-state index in [-0.39, 0.29) is 24.6 Å². The Balaban J connectivity index is 2.58. The molecule has 0 saturated carbocycles. The molecule has 0 amide bonds. The van der Waals surface area contributed by atoms with Crippen LogP contribution in [-0.2, 0) is 14.8 Å². The zero-order valence-corrected chi connectivity index (χ0v) is 14.1. The molecular formula is C13H24ClN3O3S. The Bertz CT molecular complexity index is 432. The maximum atomic E-state index is 12.4. The average Bonchev–Trinajstić information content (AvgIpc) is 2.47. The molecule has 0 aliphatic carbocycles. The zero-order valence-electron chi connectivity index (χ0n) is 12.5. The van der Waals surface area contributed by atoms with Gasteiger partial charge in [0, 0.05) is 45.0 Å². The van der Waals surface area contributed by atoms with Gasteiger partial charge in [0.05, 0.1) is 25.0 Å². The van der Waals surface area contributed by atoms with Crippen LogP contribution in [0.25, 0.3) is 0 Å². The van der Waals surface area contributed by atoms with Gasteiger partial charge in [0.15, 0.2) is 0 Å². The van der Waals surface area contributed by atoms with E-state index in [0.717, 1.165) is 13.1 Å². The summed E-state index contributed by atoms with van der Waals surface area (Å²) < 4.78 is 31.5. The first-order valence-corrected chi connectivity index (χ1v) is 9.35. The molecule has 0 aromatic carbocycles. The molecule has 1 unspecified atom stereocenters. The quantitative estimate of drug-likeness (QED) is 0.580. The van der Waals surface area contributed by atoms with Crippen molar-refractivity contribution in [2.45, 2.75) is 13.3 Å². The minimum Gasteiger partial charge on any atom is -0.379 e. The number of nitriles is 1. The van der Waals surface area contributed by atoms with E-state index < -0.39 is 10.0 Å². The number of ether oxygens (including phenoxy) is 1. The summed E-state index contributed by atoms with van der Waals surface area (Å²) in [5.74, 6) is 0.254. The lowest BCUT2D eigenvalue weighted by atomic mass is 10.3. The normalized spacial score (nSPS) is 18.6. The van der Waals surface area contributed by atoms with Gasteiger partial charge in [0.2, 0.25) is 10.0 Å². The zero-order chi connectivity index (χ0) is 15.7. The summed E-state index contributed by atoms with van der Waals surface area (Å²) in [4.78, 5) is 2.18. The highest BCUT2D eigenvalue weighted by Crippen LogP contribution is 2.10. The predicted octanol–water partition coefficient (Wildman–Crippen LogP) is 0.739. The van der Waals surface area contributed by atoms with Crippen molar-refractivity contribution in [2.75, 3.05) is 57.6 Å². The van der Waals surface area contributed by atoms with Crippen LogP contribution < -0.4 is 0 Å². The second-order valence-corrected chi connectivity index (χ2v) is 7.62. The maximum absolute atomic E-state index is 12.4. The van der Waals surface area contributed by atoms with Gasteiger partial charge in [-0.15, -0.1) is 11.6 Å². The van der Waals surface area contributed by atoms with Crippen molar-refractivity contribution in [1.82, 2.24) is 9.21 Å². The van der Waals surface area contributed by atoms with Crippen molar-refractivity contribution >= 4 is 21.6 Å². The highest BCUT2D eigenvalue weighted by Gasteiger charge is 2.24. The molecule has 1 aliphatic heterocycles. The summed E-state index contributed by atoms with van der Waals surface area (Å²) >= 11 is 5.71. The van der Waals surface area contributed by atoms with E-state index in [1.807, 2.05) is 13.0 Å². The molecule has 0 spiro atoms. The van der Waals surface area contributed by atoms with Gasteiger partial charge in [0.25, 0.3) is 0 Å². The second-order valence-electron chi connectivity index (χ2n) is 5.30. The molecule has 8 heteroatoms. The molecule has 0 N–H and O–H groups in total. The van der Waals surface area contributed by atoms with Crippen molar-refractivity contribution in [3.8, 4) is 6.07 Å². The SMILES string of the molecule is CC(CCl)CS(=O)(=O)N(CCC#N)CCN1CCOCC1. The van der Waals surface area contributed by atoms with Crippen molar-refractivity contribution in [2.24, 2.45) is 5.92 Å². The van der Waals surface area contributed by atoms with Crippen LogP contribution in [0.4, 0.5) is 0 Å². The third kappa shape index (κ3) is 6.94. The van der Waals surface area contributed by atoms with Crippen molar-refractivity contribution in [3.63, 3.8) is 0 Å². The van der Waals surface area contributed by atoms with E-state index in [1.54, 1.807) is 0 Å². The van der Waals surface area contributed by atoms with Crippen LogP contribution in [0, 0.1) is 17.2 Å². The van der Waals surface area contributed by atoms with Gasteiger partial charge in [-0.1, -0.05) is 6.92 Å². The molecule has 1 atom stereocenters. The topological polar surface area (TPSA) is 73.6 Å². The molecular weight excluding hydrogens is 314 g/mol. The van der Waals surface area contributed by atoms with E-state index >= 15 is 0 Å². The molecule has 6 nitrogen and oxygen atoms in total. The summed E-state index contributed by atoms with van der Waals surface area (Å²) in [7, 11) is -3.37. The Kier molecular flexibility index (Phi) is 8.52. The summed E-state index contributed by atoms with van der Waals surface area (Å²) in [6, 6.07) is 2.01. The molecule has 1 fully saturated rings. The number of hydrogen-bond acceptors (Lipinski definition) is 5. The average molecular weight is 338 g/mol. The second kappa shape index (κ2) is 9.59. The standard InChI is InChI=1S/C13H24ClN3O3S/c1-13(11-14)12-21(18,19)17(4-2-3-15)6-5-16-7-9-20-10-8-16/h13H,2,4-12H2,1H3. The Morgan fingerprint density at radius 3 is 2.62 bits per heavy atom. The van der Waals surface area contributed by atoms with E-state index in [2.05, 4.69) is 4.90 Å². The van der Waals surface area contributed by atoms with E-state index in [9.17, 15) is 8.42 Å². The predicted molar refractivity (Wildman–Crippen MR) is 82.7 cm³/mol. The fraction of sp³-hybridized carbons (Fsp3) is 0.923. The maximum Gasteiger partial charge on any atom is 0.214 e. The summed E-state index contributed by atoms with van der Waals surface area (Å²) in [6.45, 7) is 6.17. The van der Waals surface area contributed by atoms with Crippen LogP contribution >= 0.6 is 11.6 Å². The molecule has 0 radical (unpaired) electrons. The number of hydrogen-bond donors (Lipinski definition) is 0. The summed E-state index contributed by atoms with van der Waals surface area (Å²) in [5.41, 5.74) is 0. The van der Waals surface area contributed by atoms with Crippen LogP contribution in [0.15, 0.2) is 0 Å². The van der Waals surface area contributed by atoms with E-state index in [0.29, 0.717) is 32.2 Å². The fourth-order valence-electron chi connectivity index (χ4n) is 2.15. The van der Waals surface area contributed by atoms with Gasteiger partial charge in [0.1, 0.15) is 0 Å². The fourth-order valence-corrected chi connectivity index (χ4v) is 4.17. The lowest BCUT2D eigenvalue weighted by Gasteiger charge is -2.29. The van der Waals surface area contributed by atoms with Gasteiger partial charge in [-0.3, -0.25) is 4.90 Å². The third-order valence-electron chi connectivity index (χ3n) is 3.39. The summed E-state index contributed by atoms with van der Waals surface area (Å²) in [6.07, 6.45) is 0.206. The van der Waals surface area contributed by atoms with E-state index in [4.69, 9.17) is 21.6 Å². The Morgan fingerprint density at radius 2 is 2.05 bits per heavy atom. The molecule has 122 valence electrons. The minimum atomic E-state index is -3.37. The van der Waals surface area contributed by atoms with Gasteiger partial charge in [-0.05, 0) is 5.92 Å². The molecule has 0 aromatic heterocycles. The first-order chi connectivity index (χ1) is 9.99. The molecule has 0 bridgehead atoms. The highest BCUT2D eigenvalue weighted by molar-refractivity contribution is 7.89. The number of alkyl halides is 1. The van der Waals surface area contributed by atoms with Crippen LogP contribution in [0.5, 0.6) is 0 Å².